The molecule has 0 aromatic heterocycles. The highest BCUT2D eigenvalue weighted by Crippen LogP contribution is 2.24. The second kappa shape index (κ2) is 5.71. The molecule has 0 saturated carbocycles. The third kappa shape index (κ3) is 3.60. The van der Waals surface area contributed by atoms with Crippen LogP contribution in [0.5, 0.6) is 5.75 Å². The largest absolute Gasteiger partial charge is 0.506 e. The summed E-state index contributed by atoms with van der Waals surface area (Å²) in [7, 11) is 2.11. The van der Waals surface area contributed by atoms with Crippen LogP contribution in [-0.4, -0.2) is 36.2 Å². The van der Waals surface area contributed by atoms with E-state index in [9.17, 15) is 5.11 Å². The summed E-state index contributed by atoms with van der Waals surface area (Å²) in [5.41, 5.74) is 1.13. The van der Waals surface area contributed by atoms with Crippen LogP contribution in [0.2, 0.25) is 5.02 Å². The van der Waals surface area contributed by atoms with Crippen molar-refractivity contribution in [2.24, 2.45) is 0 Å². The first-order valence-corrected chi connectivity index (χ1v) is 6.42. The van der Waals surface area contributed by atoms with Crippen LogP contribution in [0.1, 0.15) is 18.4 Å². The van der Waals surface area contributed by atoms with Gasteiger partial charge < -0.3 is 15.3 Å². The van der Waals surface area contributed by atoms with Gasteiger partial charge in [0.1, 0.15) is 5.75 Å². The standard InChI is InChI=1S/C13H19ClN2O/c1-16(9-11-3-2-6-15-11)8-10-4-5-13(17)12(14)7-10/h4-5,7,11,15,17H,2-3,6,8-9H2,1H3. The van der Waals surface area contributed by atoms with E-state index < -0.39 is 0 Å². The molecule has 1 aliphatic rings. The Bertz CT molecular complexity index is 378. The van der Waals surface area contributed by atoms with Gasteiger partial charge in [0, 0.05) is 19.1 Å². The number of hydrogen-bond acceptors (Lipinski definition) is 3. The molecular formula is C13H19ClN2O. The molecule has 2 rings (SSSR count). The second-order valence-electron chi connectivity index (χ2n) is 4.78. The molecule has 1 heterocycles. The summed E-state index contributed by atoms with van der Waals surface area (Å²) in [6.07, 6.45) is 2.55. The van der Waals surface area contributed by atoms with E-state index in [1.165, 1.54) is 12.8 Å². The van der Waals surface area contributed by atoms with E-state index in [0.717, 1.165) is 25.2 Å². The van der Waals surface area contributed by atoms with E-state index in [2.05, 4.69) is 17.3 Å². The predicted octanol–water partition coefficient (Wildman–Crippen LogP) is 2.23. The number of likely N-dealkylation sites (N-methyl/N-ethyl adjacent to an activating group) is 1. The molecule has 17 heavy (non-hydrogen) atoms. The lowest BCUT2D eigenvalue weighted by Gasteiger charge is -2.21. The minimum Gasteiger partial charge on any atom is -0.506 e. The van der Waals surface area contributed by atoms with Crippen LogP contribution in [0.25, 0.3) is 0 Å². The maximum Gasteiger partial charge on any atom is 0.134 e. The minimum atomic E-state index is 0.149. The normalized spacial score (nSPS) is 20.1. The Balaban J connectivity index is 1.88. The van der Waals surface area contributed by atoms with Gasteiger partial charge in [0.2, 0.25) is 0 Å². The number of phenolic OH excluding ortho intramolecular Hbond substituents is 1. The lowest BCUT2D eigenvalue weighted by molar-refractivity contribution is 0.293. The van der Waals surface area contributed by atoms with Crippen molar-refractivity contribution in [3.63, 3.8) is 0 Å². The SMILES string of the molecule is CN(Cc1ccc(O)c(Cl)c1)CC1CCCN1. The zero-order valence-corrected chi connectivity index (χ0v) is 10.9. The van der Waals surface area contributed by atoms with Crippen molar-refractivity contribution in [2.75, 3.05) is 20.1 Å². The Morgan fingerprint density at radius 1 is 1.53 bits per heavy atom. The van der Waals surface area contributed by atoms with E-state index in [-0.39, 0.29) is 5.75 Å². The number of aromatic hydroxyl groups is 1. The van der Waals surface area contributed by atoms with Gasteiger partial charge in [-0.05, 0) is 44.1 Å². The lowest BCUT2D eigenvalue weighted by Crippen LogP contribution is -2.34. The second-order valence-corrected chi connectivity index (χ2v) is 5.18. The predicted molar refractivity (Wildman–Crippen MR) is 70.5 cm³/mol. The van der Waals surface area contributed by atoms with Crippen LogP contribution < -0.4 is 5.32 Å². The van der Waals surface area contributed by atoms with E-state index in [0.29, 0.717) is 11.1 Å². The Labute approximate surface area is 107 Å². The van der Waals surface area contributed by atoms with Gasteiger partial charge in [0.05, 0.1) is 5.02 Å². The number of benzene rings is 1. The Kier molecular flexibility index (Phi) is 4.26. The Hall–Kier alpha value is -0.770. The van der Waals surface area contributed by atoms with Gasteiger partial charge in [0.15, 0.2) is 0 Å². The topological polar surface area (TPSA) is 35.5 Å². The van der Waals surface area contributed by atoms with Crippen LogP contribution in [0.15, 0.2) is 18.2 Å². The van der Waals surface area contributed by atoms with Crippen molar-refractivity contribution in [1.82, 2.24) is 10.2 Å². The summed E-state index contributed by atoms with van der Waals surface area (Å²) in [6, 6.07) is 6.02. The molecule has 1 atom stereocenters. The van der Waals surface area contributed by atoms with E-state index >= 15 is 0 Å². The maximum absolute atomic E-state index is 9.35. The summed E-state index contributed by atoms with van der Waals surface area (Å²) in [5.74, 6) is 0.149. The molecular weight excluding hydrogens is 236 g/mol. The summed E-state index contributed by atoms with van der Waals surface area (Å²) in [6.45, 7) is 3.06. The zero-order chi connectivity index (χ0) is 12.3. The molecule has 0 aliphatic carbocycles. The van der Waals surface area contributed by atoms with Crippen LogP contribution in [-0.2, 0) is 6.54 Å². The maximum atomic E-state index is 9.35. The molecule has 1 aromatic carbocycles. The van der Waals surface area contributed by atoms with Crippen molar-refractivity contribution >= 4 is 11.6 Å². The average molecular weight is 255 g/mol. The number of nitrogens with one attached hydrogen (secondary N) is 1. The number of nitrogens with zero attached hydrogens (tertiary/aromatic N) is 1. The molecule has 1 unspecified atom stereocenters. The molecule has 1 fully saturated rings. The van der Waals surface area contributed by atoms with E-state index in [1.807, 2.05) is 12.1 Å². The molecule has 0 bridgehead atoms. The number of phenols is 1. The highest BCUT2D eigenvalue weighted by Gasteiger charge is 2.15. The number of halogens is 1. The average Bonchev–Trinajstić information content (AvgIpc) is 2.76. The van der Waals surface area contributed by atoms with Gasteiger partial charge in [-0.2, -0.15) is 0 Å². The van der Waals surface area contributed by atoms with E-state index in [4.69, 9.17) is 11.6 Å². The van der Waals surface area contributed by atoms with Crippen molar-refractivity contribution in [2.45, 2.75) is 25.4 Å². The quantitative estimate of drug-likeness (QED) is 0.865. The van der Waals surface area contributed by atoms with Gasteiger partial charge in [-0.1, -0.05) is 17.7 Å². The molecule has 1 aliphatic heterocycles. The number of rotatable bonds is 4. The third-order valence-electron chi connectivity index (χ3n) is 3.16. The molecule has 1 aromatic rings. The minimum absolute atomic E-state index is 0.149. The fraction of sp³-hybridized carbons (Fsp3) is 0.538. The molecule has 0 spiro atoms. The third-order valence-corrected chi connectivity index (χ3v) is 3.46. The molecule has 0 amide bonds. The van der Waals surface area contributed by atoms with Gasteiger partial charge in [-0.15, -0.1) is 0 Å². The van der Waals surface area contributed by atoms with Gasteiger partial charge in [0.25, 0.3) is 0 Å². The van der Waals surface area contributed by atoms with Crippen LogP contribution in [0.4, 0.5) is 0 Å². The van der Waals surface area contributed by atoms with Gasteiger partial charge >= 0.3 is 0 Å². The van der Waals surface area contributed by atoms with Gasteiger partial charge in [-0.25, -0.2) is 0 Å². The first kappa shape index (κ1) is 12.7. The van der Waals surface area contributed by atoms with Gasteiger partial charge in [-0.3, -0.25) is 0 Å². The first-order valence-electron chi connectivity index (χ1n) is 6.04. The van der Waals surface area contributed by atoms with Crippen molar-refractivity contribution < 1.29 is 5.11 Å². The molecule has 1 saturated heterocycles. The van der Waals surface area contributed by atoms with Crippen LogP contribution in [0.3, 0.4) is 0 Å². The van der Waals surface area contributed by atoms with Crippen molar-refractivity contribution in [1.29, 1.82) is 0 Å². The zero-order valence-electron chi connectivity index (χ0n) is 10.1. The summed E-state index contributed by atoms with van der Waals surface area (Å²) >= 11 is 5.89. The molecule has 94 valence electrons. The molecule has 4 heteroatoms. The lowest BCUT2D eigenvalue weighted by atomic mass is 10.2. The van der Waals surface area contributed by atoms with Crippen molar-refractivity contribution in [3.05, 3.63) is 28.8 Å². The fourth-order valence-corrected chi connectivity index (χ4v) is 2.52. The molecule has 3 nitrogen and oxygen atoms in total. The Morgan fingerprint density at radius 3 is 3.00 bits per heavy atom. The number of hydrogen-bond donors (Lipinski definition) is 2. The smallest absolute Gasteiger partial charge is 0.134 e. The highest BCUT2D eigenvalue weighted by molar-refractivity contribution is 6.32. The monoisotopic (exact) mass is 254 g/mol. The molecule has 0 radical (unpaired) electrons. The van der Waals surface area contributed by atoms with Crippen molar-refractivity contribution in [3.8, 4) is 5.75 Å². The Morgan fingerprint density at radius 2 is 2.35 bits per heavy atom. The fourth-order valence-electron chi connectivity index (χ4n) is 2.31. The summed E-state index contributed by atoms with van der Waals surface area (Å²) < 4.78 is 0. The molecule has 2 N–H and O–H groups in total. The van der Waals surface area contributed by atoms with Crippen LogP contribution >= 0.6 is 11.6 Å². The highest BCUT2D eigenvalue weighted by atomic mass is 35.5. The first-order chi connectivity index (χ1) is 8.15. The van der Waals surface area contributed by atoms with Crippen LogP contribution in [0, 0.1) is 0 Å². The summed E-state index contributed by atoms with van der Waals surface area (Å²) in [4.78, 5) is 2.28. The summed E-state index contributed by atoms with van der Waals surface area (Å²) in [5, 5.41) is 13.3. The van der Waals surface area contributed by atoms with E-state index in [1.54, 1.807) is 6.07 Å².